The number of benzene rings is 3. The molecule has 0 spiro atoms. The van der Waals surface area contributed by atoms with E-state index < -0.39 is 40.2 Å². The number of sulfonamides is 1. The highest BCUT2D eigenvalue weighted by Gasteiger charge is 2.34. The second-order valence-corrected chi connectivity index (χ2v) is 11.8. The largest absolute Gasteiger partial charge is 0.376 e. The van der Waals surface area contributed by atoms with Crippen LogP contribution >= 0.6 is 0 Å². The third-order valence-electron chi connectivity index (χ3n) is 6.77. The van der Waals surface area contributed by atoms with E-state index in [2.05, 4.69) is 5.32 Å². The van der Waals surface area contributed by atoms with Crippen LogP contribution in [0.3, 0.4) is 0 Å². The van der Waals surface area contributed by atoms with Gasteiger partial charge in [0.1, 0.15) is 11.9 Å². The molecule has 1 heterocycles. The quantitative estimate of drug-likeness (QED) is 0.361. The monoisotopic (exact) mass is 567 g/mol. The summed E-state index contributed by atoms with van der Waals surface area (Å²) in [6, 6.07) is 22.4. The summed E-state index contributed by atoms with van der Waals surface area (Å²) in [7, 11) is -3.78. The first-order valence-electron chi connectivity index (χ1n) is 13.2. The molecule has 1 N–H and O–H groups in total. The molecule has 3 aromatic rings. The molecule has 1 saturated heterocycles. The topological polar surface area (TPSA) is 96.0 Å². The fourth-order valence-electron chi connectivity index (χ4n) is 4.65. The second kappa shape index (κ2) is 13.6. The number of ether oxygens (including phenoxy) is 1. The summed E-state index contributed by atoms with van der Waals surface area (Å²) in [6.07, 6.45) is 2.70. The van der Waals surface area contributed by atoms with Crippen molar-refractivity contribution in [3.05, 3.63) is 107 Å². The average Bonchev–Trinajstić information content (AvgIpc) is 3.47. The molecule has 0 saturated carbocycles. The zero-order valence-electron chi connectivity index (χ0n) is 22.4. The number of hydrogen-bond donors (Lipinski definition) is 1. The molecule has 0 bridgehead atoms. The molecule has 10 heteroatoms. The van der Waals surface area contributed by atoms with Gasteiger partial charge in [0.15, 0.2) is 0 Å². The third-order valence-corrected chi connectivity index (χ3v) is 7.97. The van der Waals surface area contributed by atoms with E-state index in [1.807, 2.05) is 12.1 Å². The highest BCUT2D eigenvalue weighted by atomic mass is 32.2. The summed E-state index contributed by atoms with van der Waals surface area (Å²) in [4.78, 5) is 29.1. The zero-order valence-corrected chi connectivity index (χ0v) is 23.2. The molecule has 2 amide bonds. The minimum absolute atomic E-state index is 0.00296. The van der Waals surface area contributed by atoms with E-state index in [4.69, 9.17) is 4.74 Å². The van der Waals surface area contributed by atoms with E-state index in [9.17, 15) is 22.4 Å². The Morgan fingerprint density at radius 3 is 2.17 bits per heavy atom. The molecule has 4 rings (SSSR count). The van der Waals surface area contributed by atoms with E-state index in [1.54, 1.807) is 60.7 Å². The highest BCUT2D eigenvalue weighted by Crippen LogP contribution is 2.25. The number of nitrogens with one attached hydrogen (secondary N) is 1. The van der Waals surface area contributed by atoms with Crippen molar-refractivity contribution in [2.45, 2.75) is 38.1 Å². The van der Waals surface area contributed by atoms with Crippen LogP contribution in [-0.2, 0) is 37.4 Å². The van der Waals surface area contributed by atoms with E-state index in [0.29, 0.717) is 24.3 Å². The molecule has 40 heavy (non-hydrogen) atoms. The smallest absolute Gasteiger partial charge is 0.247 e. The van der Waals surface area contributed by atoms with Crippen molar-refractivity contribution in [1.29, 1.82) is 0 Å². The standard InChI is InChI=1S/C30H34FN3O5S/c1-40(37,38)33(20-23-9-4-2-5-10-23)22-28(35)34(21-24-14-16-26(31)17-15-24)29(25-11-6-3-7-12-25)30(36)32-19-27-13-8-18-39-27/h2-7,9-12,14-17,27,29H,8,13,18-22H2,1H3,(H,32,36)/t27-,29-/m0/s1. The van der Waals surface area contributed by atoms with Crippen molar-refractivity contribution in [2.75, 3.05) is 26.0 Å². The number of amides is 2. The zero-order chi connectivity index (χ0) is 28.5. The number of nitrogens with zero attached hydrogens (tertiary/aromatic N) is 2. The third kappa shape index (κ3) is 8.20. The van der Waals surface area contributed by atoms with Crippen molar-refractivity contribution < 1.29 is 27.1 Å². The van der Waals surface area contributed by atoms with Gasteiger partial charge < -0.3 is 15.0 Å². The van der Waals surface area contributed by atoms with Gasteiger partial charge in [0.25, 0.3) is 0 Å². The lowest BCUT2D eigenvalue weighted by Gasteiger charge is -2.33. The highest BCUT2D eigenvalue weighted by molar-refractivity contribution is 7.88. The van der Waals surface area contributed by atoms with Crippen molar-refractivity contribution in [1.82, 2.24) is 14.5 Å². The molecule has 8 nitrogen and oxygen atoms in total. The van der Waals surface area contributed by atoms with Crippen molar-refractivity contribution in [2.24, 2.45) is 0 Å². The molecular weight excluding hydrogens is 533 g/mol. The minimum atomic E-state index is -3.78. The molecule has 212 valence electrons. The van der Waals surface area contributed by atoms with Gasteiger partial charge in [0.2, 0.25) is 21.8 Å². The Morgan fingerprint density at radius 1 is 0.950 bits per heavy atom. The van der Waals surface area contributed by atoms with Crippen LogP contribution in [0.4, 0.5) is 4.39 Å². The van der Waals surface area contributed by atoms with Gasteiger partial charge in [-0.15, -0.1) is 0 Å². The van der Waals surface area contributed by atoms with Gasteiger partial charge in [0, 0.05) is 26.2 Å². The summed E-state index contributed by atoms with van der Waals surface area (Å²) in [5.41, 5.74) is 1.88. The Labute approximate surface area is 234 Å². The van der Waals surface area contributed by atoms with Crippen molar-refractivity contribution >= 4 is 21.8 Å². The molecule has 0 unspecified atom stereocenters. The van der Waals surface area contributed by atoms with Gasteiger partial charge in [-0.1, -0.05) is 72.8 Å². The first kappa shape index (κ1) is 29.4. The van der Waals surface area contributed by atoms with Crippen LogP contribution in [-0.4, -0.2) is 61.5 Å². The summed E-state index contributed by atoms with van der Waals surface area (Å²) in [6.45, 7) is 0.425. The molecule has 0 aliphatic carbocycles. The predicted molar refractivity (Wildman–Crippen MR) is 150 cm³/mol. The number of halogens is 1. The molecular formula is C30H34FN3O5S. The normalized spacial score (nSPS) is 16.0. The van der Waals surface area contributed by atoms with E-state index in [-0.39, 0.29) is 19.2 Å². The fraction of sp³-hybridized carbons (Fsp3) is 0.333. The molecule has 2 atom stereocenters. The van der Waals surface area contributed by atoms with Crippen LogP contribution in [0.1, 0.15) is 35.6 Å². The Morgan fingerprint density at radius 2 is 1.57 bits per heavy atom. The minimum Gasteiger partial charge on any atom is -0.376 e. The van der Waals surface area contributed by atoms with Crippen LogP contribution < -0.4 is 5.32 Å². The number of carbonyl (C=O) groups is 2. The SMILES string of the molecule is CS(=O)(=O)N(CC(=O)N(Cc1ccc(F)cc1)[C@H](C(=O)NC[C@@H]1CCCO1)c1ccccc1)Cc1ccccc1. The maximum Gasteiger partial charge on any atom is 0.247 e. The van der Waals surface area contributed by atoms with Gasteiger partial charge in [-0.25, -0.2) is 12.8 Å². The van der Waals surface area contributed by atoms with Crippen LogP contribution in [0.25, 0.3) is 0 Å². The Hall–Kier alpha value is -3.60. The van der Waals surface area contributed by atoms with Crippen molar-refractivity contribution in [3.63, 3.8) is 0 Å². The maximum atomic E-state index is 14.0. The number of hydrogen-bond acceptors (Lipinski definition) is 5. The summed E-state index contributed by atoms with van der Waals surface area (Å²) >= 11 is 0. The first-order chi connectivity index (χ1) is 19.2. The lowest BCUT2D eigenvalue weighted by molar-refractivity contribution is -0.142. The summed E-state index contributed by atoms with van der Waals surface area (Å²) < 4.78 is 45.9. The molecule has 1 fully saturated rings. The molecule has 0 radical (unpaired) electrons. The van der Waals surface area contributed by atoms with E-state index in [0.717, 1.165) is 29.0 Å². The maximum absolute atomic E-state index is 14.0. The first-order valence-corrected chi connectivity index (χ1v) is 15.0. The van der Waals surface area contributed by atoms with Crippen LogP contribution in [0, 0.1) is 5.82 Å². The van der Waals surface area contributed by atoms with E-state index in [1.165, 1.54) is 17.0 Å². The Kier molecular flexibility index (Phi) is 10.0. The molecule has 3 aromatic carbocycles. The number of carbonyl (C=O) groups excluding carboxylic acids is 2. The lowest BCUT2D eigenvalue weighted by Crippen LogP contribution is -2.48. The summed E-state index contributed by atoms with van der Waals surface area (Å²) in [5.74, 6) is -1.40. The Balaban J connectivity index is 1.67. The fourth-order valence-corrected chi connectivity index (χ4v) is 5.38. The van der Waals surface area contributed by atoms with Gasteiger partial charge >= 0.3 is 0 Å². The summed E-state index contributed by atoms with van der Waals surface area (Å²) in [5, 5.41) is 2.93. The average molecular weight is 568 g/mol. The van der Waals surface area contributed by atoms with Gasteiger partial charge in [-0.2, -0.15) is 4.31 Å². The van der Waals surface area contributed by atoms with Crippen molar-refractivity contribution in [3.8, 4) is 0 Å². The number of rotatable bonds is 12. The van der Waals surface area contributed by atoms with E-state index >= 15 is 0 Å². The van der Waals surface area contributed by atoms with Crippen LogP contribution in [0.5, 0.6) is 0 Å². The van der Waals surface area contributed by atoms with Gasteiger partial charge in [-0.05, 0) is 41.7 Å². The molecule has 0 aromatic heterocycles. The van der Waals surface area contributed by atoms with Gasteiger partial charge in [0.05, 0.1) is 18.9 Å². The molecule has 1 aliphatic heterocycles. The van der Waals surface area contributed by atoms with Gasteiger partial charge in [-0.3, -0.25) is 9.59 Å². The Bertz CT molecular complexity index is 1370. The van der Waals surface area contributed by atoms with Crippen LogP contribution in [0.15, 0.2) is 84.9 Å². The lowest BCUT2D eigenvalue weighted by atomic mass is 10.0. The molecule has 1 aliphatic rings. The van der Waals surface area contributed by atoms with Crippen LogP contribution in [0.2, 0.25) is 0 Å². The second-order valence-electron chi connectivity index (χ2n) is 9.86. The predicted octanol–water partition coefficient (Wildman–Crippen LogP) is 3.65.